The maximum atomic E-state index is 12.0. The summed E-state index contributed by atoms with van der Waals surface area (Å²) in [6, 6.07) is 1.90. The Morgan fingerprint density at radius 2 is 2.18 bits per heavy atom. The summed E-state index contributed by atoms with van der Waals surface area (Å²) in [6.07, 6.45) is 5.46. The lowest BCUT2D eigenvalue weighted by Gasteiger charge is -2.22. The normalized spacial score (nSPS) is 25.3. The fraction of sp³-hybridized carbons (Fsp3) is 0.583. The molecule has 0 aliphatic heterocycles. The maximum Gasteiger partial charge on any atom is 0.263 e. The van der Waals surface area contributed by atoms with Gasteiger partial charge in [-0.05, 0) is 24.3 Å². The van der Waals surface area contributed by atoms with Gasteiger partial charge in [-0.2, -0.15) is 0 Å². The molecule has 1 fully saturated rings. The van der Waals surface area contributed by atoms with Crippen molar-refractivity contribution < 1.29 is 4.79 Å². The molecule has 1 amide bonds. The molecule has 0 spiro atoms. The Bertz CT molecular complexity index is 394. The summed E-state index contributed by atoms with van der Waals surface area (Å²) >= 11 is 7.31. The van der Waals surface area contributed by atoms with Crippen LogP contribution in [0.25, 0.3) is 0 Å². The molecule has 3 N–H and O–H groups in total. The first-order chi connectivity index (χ1) is 8.18. The molecular weight excluding hydrogens is 256 g/mol. The van der Waals surface area contributed by atoms with E-state index in [1.165, 1.54) is 17.8 Å². The van der Waals surface area contributed by atoms with Crippen molar-refractivity contribution in [2.75, 3.05) is 0 Å². The van der Waals surface area contributed by atoms with Gasteiger partial charge in [0.05, 0.1) is 5.02 Å². The fourth-order valence-electron chi connectivity index (χ4n) is 2.21. The highest BCUT2D eigenvalue weighted by Crippen LogP contribution is 2.23. The van der Waals surface area contributed by atoms with Crippen LogP contribution >= 0.6 is 22.9 Å². The lowest BCUT2D eigenvalue weighted by atomic mass is 10.0. The molecule has 5 heteroatoms. The monoisotopic (exact) mass is 272 g/mol. The molecule has 1 aliphatic rings. The van der Waals surface area contributed by atoms with E-state index < -0.39 is 0 Å². The number of thiophene rings is 1. The number of nitrogens with one attached hydrogen (secondary N) is 1. The van der Waals surface area contributed by atoms with E-state index in [0.717, 1.165) is 25.7 Å². The van der Waals surface area contributed by atoms with Gasteiger partial charge < -0.3 is 11.1 Å². The van der Waals surface area contributed by atoms with Crippen LogP contribution in [-0.4, -0.2) is 18.0 Å². The summed E-state index contributed by atoms with van der Waals surface area (Å²) in [6.45, 7) is 0. The molecule has 1 aliphatic carbocycles. The first-order valence-corrected chi connectivity index (χ1v) is 7.23. The quantitative estimate of drug-likeness (QED) is 0.814. The highest BCUT2D eigenvalue weighted by molar-refractivity contribution is 7.12. The van der Waals surface area contributed by atoms with Gasteiger partial charge in [0, 0.05) is 12.1 Å². The van der Waals surface area contributed by atoms with E-state index >= 15 is 0 Å². The molecule has 0 radical (unpaired) electrons. The Balaban J connectivity index is 2.00. The van der Waals surface area contributed by atoms with Gasteiger partial charge in [0.15, 0.2) is 0 Å². The van der Waals surface area contributed by atoms with Crippen LogP contribution < -0.4 is 11.1 Å². The van der Waals surface area contributed by atoms with Crippen molar-refractivity contribution in [1.29, 1.82) is 0 Å². The minimum Gasteiger partial charge on any atom is -0.347 e. The van der Waals surface area contributed by atoms with Crippen molar-refractivity contribution in [3.05, 3.63) is 21.3 Å². The van der Waals surface area contributed by atoms with E-state index in [1.54, 1.807) is 6.07 Å². The van der Waals surface area contributed by atoms with E-state index in [0.29, 0.717) is 9.90 Å². The second-order valence-electron chi connectivity index (χ2n) is 4.48. The van der Waals surface area contributed by atoms with Crippen LogP contribution in [0.4, 0.5) is 0 Å². The molecule has 2 atom stereocenters. The summed E-state index contributed by atoms with van der Waals surface area (Å²) < 4.78 is 0. The Kier molecular flexibility index (Phi) is 4.42. The number of carbonyl (C=O) groups excluding carboxylic acids is 1. The number of hydrogen-bond acceptors (Lipinski definition) is 3. The second kappa shape index (κ2) is 5.85. The van der Waals surface area contributed by atoms with Crippen LogP contribution in [0.15, 0.2) is 11.4 Å². The van der Waals surface area contributed by atoms with Gasteiger partial charge in [-0.25, -0.2) is 0 Å². The topological polar surface area (TPSA) is 55.1 Å². The Labute approximate surface area is 110 Å². The van der Waals surface area contributed by atoms with Gasteiger partial charge in [-0.3, -0.25) is 4.79 Å². The highest BCUT2D eigenvalue weighted by atomic mass is 35.5. The molecule has 3 nitrogen and oxygen atoms in total. The number of amides is 1. The number of rotatable bonds is 2. The van der Waals surface area contributed by atoms with Crippen molar-refractivity contribution in [3.8, 4) is 0 Å². The first kappa shape index (κ1) is 12.9. The first-order valence-electron chi connectivity index (χ1n) is 5.98. The molecular formula is C12H17ClN2OS. The standard InChI is InChI=1S/C12H17ClN2OS/c13-8-6-7-17-11(8)12(16)15-10-5-3-1-2-4-9(10)14/h6-7,9-10H,1-5,14H2,(H,15,16). The Hall–Kier alpha value is -0.580. The van der Waals surface area contributed by atoms with Gasteiger partial charge in [-0.15, -0.1) is 11.3 Å². The van der Waals surface area contributed by atoms with Crippen LogP contribution in [0, 0.1) is 0 Å². The lowest BCUT2D eigenvalue weighted by molar-refractivity contribution is 0.0933. The third-order valence-corrected chi connectivity index (χ3v) is 4.55. The predicted molar refractivity (Wildman–Crippen MR) is 71.6 cm³/mol. The molecule has 1 saturated carbocycles. The molecule has 0 bridgehead atoms. The number of carbonyl (C=O) groups is 1. The van der Waals surface area contributed by atoms with Crippen LogP contribution in [0.3, 0.4) is 0 Å². The second-order valence-corrected chi connectivity index (χ2v) is 5.80. The minimum atomic E-state index is -0.0904. The largest absolute Gasteiger partial charge is 0.347 e. The molecule has 0 aromatic carbocycles. The van der Waals surface area contributed by atoms with Crippen molar-refractivity contribution in [2.24, 2.45) is 5.73 Å². The van der Waals surface area contributed by atoms with E-state index in [-0.39, 0.29) is 18.0 Å². The molecule has 94 valence electrons. The van der Waals surface area contributed by atoms with Crippen LogP contribution in [-0.2, 0) is 0 Å². The summed E-state index contributed by atoms with van der Waals surface area (Å²) in [5.41, 5.74) is 6.07. The summed E-state index contributed by atoms with van der Waals surface area (Å²) in [4.78, 5) is 12.6. The summed E-state index contributed by atoms with van der Waals surface area (Å²) in [7, 11) is 0. The number of halogens is 1. The predicted octanol–water partition coefficient (Wildman–Crippen LogP) is 2.79. The van der Waals surface area contributed by atoms with E-state index in [1.807, 2.05) is 5.38 Å². The lowest BCUT2D eigenvalue weighted by Crippen LogP contribution is -2.46. The maximum absolute atomic E-state index is 12.0. The SMILES string of the molecule is NC1CCCCCC1NC(=O)c1sccc1Cl. The molecule has 1 heterocycles. The van der Waals surface area contributed by atoms with Crippen molar-refractivity contribution in [2.45, 2.75) is 44.2 Å². The third-order valence-electron chi connectivity index (χ3n) is 3.21. The highest BCUT2D eigenvalue weighted by Gasteiger charge is 2.23. The molecule has 1 aromatic heterocycles. The van der Waals surface area contributed by atoms with Gasteiger partial charge >= 0.3 is 0 Å². The summed E-state index contributed by atoms with van der Waals surface area (Å²) in [5, 5.41) is 5.36. The zero-order valence-electron chi connectivity index (χ0n) is 9.62. The van der Waals surface area contributed by atoms with E-state index in [2.05, 4.69) is 5.32 Å². The van der Waals surface area contributed by atoms with Gasteiger partial charge in [0.25, 0.3) is 5.91 Å². The van der Waals surface area contributed by atoms with Crippen molar-refractivity contribution in [1.82, 2.24) is 5.32 Å². The van der Waals surface area contributed by atoms with Crippen LogP contribution in [0.2, 0.25) is 5.02 Å². The van der Waals surface area contributed by atoms with Crippen LogP contribution in [0.1, 0.15) is 41.8 Å². The average molecular weight is 273 g/mol. The zero-order chi connectivity index (χ0) is 12.3. The Morgan fingerprint density at radius 3 is 2.88 bits per heavy atom. The molecule has 0 saturated heterocycles. The van der Waals surface area contributed by atoms with Crippen molar-refractivity contribution in [3.63, 3.8) is 0 Å². The molecule has 17 heavy (non-hydrogen) atoms. The average Bonchev–Trinajstić information content (AvgIpc) is 2.63. The summed E-state index contributed by atoms with van der Waals surface area (Å²) in [5.74, 6) is -0.0904. The smallest absolute Gasteiger partial charge is 0.263 e. The van der Waals surface area contributed by atoms with Crippen molar-refractivity contribution >= 4 is 28.8 Å². The molecule has 1 aromatic rings. The zero-order valence-corrected chi connectivity index (χ0v) is 11.2. The van der Waals surface area contributed by atoms with E-state index in [4.69, 9.17) is 17.3 Å². The van der Waals surface area contributed by atoms with Gasteiger partial charge in [-0.1, -0.05) is 30.9 Å². The minimum absolute atomic E-state index is 0.0696. The molecule has 2 unspecified atom stereocenters. The molecule has 2 rings (SSSR count). The van der Waals surface area contributed by atoms with Crippen LogP contribution in [0.5, 0.6) is 0 Å². The Morgan fingerprint density at radius 1 is 1.41 bits per heavy atom. The number of nitrogens with two attached hydrogens (primary N) is 1. The third kappa shape index (κ3) is 3.21. The number of hydrogen-bond donors (Lipinski definition) is 2. The van der Waals surface area contributed by atoms with Gasteiger partial charge in [0.1, 0.15) is 4.88 Å². The van der Waals surface area contributed by atoms with E-state index in [9.17, 15) is 4.79 Å². The van der Waals surface area contributed by atoms with Gasteiger partial charge in [0.2, 0.25) is 0 Å². The fourth-order valence-corrected chi connectivity index (χ4v) is 3.25.